The van der Waals surface area contributed by atoms with Gasteiger partial charge in [0, 0.05) is 0 Å². The second-order valence-electron chi connectivity index (χ2n) is 6.05. The molecule has 1 fully saturated rings. The molecule has 0 saturated heterocycles. The van der Waals surface area contributed by atoms with Crippen LogP contribution in [0.5, 0.6) is 0 Å². The summed E-state index contributed by atoms with van der Waals surface area (Å²) < 4.78 is 0. The minimum absolute atomic E-state index is 1.05. The summed E-state index contributed by atoms with van der Waals surface area (Å²) in [5, 5.41) is 0. The van der Waals surface area contributed by atoms with Gasteiger partial charge in [0.25, 0.3) is 0 Å². The van der Waals surface area contributed by atoms with E-state index in [2.05, 4.69) is 20.8 Å². The number of rotatable bonds is 10. The standard InChI is InChI=1S/C16H32/c1-4-6-7-8-10-15(9-5-2)11-12-16-13-14(16)3/h14-16H,4-13H2,1-3H3. The molecule has 16 heavy (non-hydrogen) atoms. The zero-order valence-electron chi connectivity index (χ0n) is 11.8. The van der Waals surface area contributed by atoms with E-state index in [-0.39, 0.29) is 0 Å². The van der Waals surface area contributed by atoms with Crippen LogP contribution >= 0.6 is 0 Å². The van der Waals surface area contributed by atoms with Gasteiger partial charge in [0.15, 0.2) is 0 Å². The lowest BCUT2D eigenvalue weighted by Crippen LogP contribution is -2.01. The van der Waals surface area contributed by atoms with E-state index in [0.717, 1.165) is 17.8 Å². The molecule has 0 aliphatic heterocycles. The van der Waals surface area contributed by atoms with Gasteiger partial charge in [-0.15, -0.1) is 0 Å². The van der Waals surface area contributed by atoms with Crippen LogP contribution in [-0.2, 0) is 0 Å². The third-order valence-electron chi connectivity index (χ3n) is 4.38. The van der Waals surface area contributed by atoms with Gasteiger partial charge in [0.2, 0.25) is 0 Å². The van der Waals surface area contributed by atoms with Crippen molar-refractivity contribution in [2.24, 2.45) is 17.8 Å². The molecule has 0 heteroatoms. The van der Waals surface area contributed by atoms with Crippen LogP contribution < -0.4 is 0 Å². The monoisotopic (exact) mass is 224 g/mol. The van der Waals surface area contributed by atoms with Gasteiger partial charge in [-0.2, -0.15) is 0 Å². The highest BCUT2D eigenvalue weighted by atomic mass is 14.4. The van der Waals surface area contributed by atoms with Crippen molar-refractivity contribution in [3.63, 3.8) is 0 Å². The summed E-state index contributed by atoms with van der Waals surface area (Å²) >= 11 is 0. The second-order valence-corrected chi connectivity index (χ2v) is 6.05. The molecule has 0 aromatic carbocycles. The summed E-state index contributed by atoms with van der Waals surface area (Å²) in [4.78, 5) is 0. The highest BCUT2D eigenvalue weighted by Gasteiger charge is 2.32. The van der Waals surface area contributed by atoms with Crippen LogP contribution in [0, 0.1) is 17.8 Å². The molecule has 0 aromatic heterocycles. The summed E-state index contributed by atoms with van der Waals surface area (Å²) in [6.45, 7) is 7.07. The van der Waals surface area contributed by atoms with Gasteiger partial charge in [0.1, 0.15) is 0 Å². The Labute approximate surface area is 103 Å². The first-order valence-corrected chi connectivity index (χ1v) is 7.77. The first-order valence-electron chi connectivity index (χ1n) is 7.77. The molecule has 0 spiro atoms. The summed E-state index contributed by atoms with van der Waals surface area (Å²) in [5.74, 6) is 3.21. The van der Waals surface area contributed by atoms with Crippen LogP contribution in [0.25, 0.3) is 0 Å². The van der Waals surface area contributed by atoms with Crippen molar-refractivity contribution >= 4 is 0 Å². The van der Waals surface area contributed by atoms with E-state index in [1.54, 1.807) is 0 Å². The predicted molar refractivity (Wildman–Crippen MR) is 73.7 cm³/mol. The Morgan fingerprint density at radius 2 is 1.69 bits per heavy atom. The van der Waals surface area contributed by atoms with Gasteiger partial charge in [-0.05, 0) is 30.6 Å². The molecule has 0 amide bonds. The van der Waals surface area contributed by atoms with Gasteiger partial charge in [0.05, 0.1) is 0 Å². The lowest BCUT2D eigenvalue weighted by atomic mass is 9.91. The zero-order chi connectivity index (χ0) is 11.8. The third kappa shape index (κ3) is 5.92. The van der Waals surface area contributed by atoms with Crippen molar-refractivity contribution in [2.45, 2.75) is 85.0 Å². The van der Waals surface area contributed by atoms with Gasteiger partial charge in [-0.3, -0.25) is 0 Å². The Bertz CT molecular complexity index is 161. The summed E-state index contributed by atoms with van der Waals surface area (Å²) in [5.41, 5.74) is 0. The Morgan fingerprint density at radius 3 is 2.25 bits per heavy atom. The Morgan fingerprint density at radius 1 is 0.938 bits per heavy atom. The molecule has 0 heterocycles. The van der Waals surface area contributed by atoms with Crippen LogP contribution in [0.2, 0.25) is 0 Å². The van der Waals surface area contributed by atoms with Crippen molar-refractivity contribution in [1.82, 2.24) is 0 Å². The molecule has 1 rings (SSSR count). The Hall–Kier alpha value is 0. The predicted octanol–water partition coefficient (Wildman–Crippen LogP) is 5.81. The van der Waals surface area contributed by atoms with Crippen LogP contribution in [0.4, 0.5) is 0 Å². The zero-order valence-corrected chi connectivity index (χ0v) is 11.8. The molecule has 1 aliphatic rings. The van der Waals surface area contributed by atoms with Gasteiger partial charge >= 0.3 is 0 Å². The fourth-order valence-electron chi connectivity index (χ4n) is 2.95. The summed E-state index contributed by atoms with van der Waals surface area (Å²) in [6.07, 6.45) is 14.7. The minimum Gasteiger partial charge on any atom is -0.0654 e. The molecule has 96 valence electrons. The summed E-state index contributed by atoms with van der Waals surface area (Å²) in [7, 11) is 0. The first-order chi connectivity index (χ1) is 7.77. The van der Waals surface area contributed by atoms with E-state index in [1.807, 2.05) is 0 Å². The Kier molecular flexibility index (Phi) is 7.16. The second kappa shape index (κ2) is 8.14. The topological polar surface area (TPSA) is 0 Å². The highest BCUT2D eigenvalue weighted by molar-refractivity contribution is 4.82. The number of unbranched alkanes of at least 4 members (excludes halogenated alkanes) is 3. The van der Waals surface area contributed by atoms with E-state index in [0.29, 0.717) is 0 Å². The molecule has 3 atom stereocenters. The van der Waals surface area contributed by atoms with Crippen molar-refractivity contribution < 1.29 is 0 Å². The van der Waals surface area contributed by atoms with Crippen molar-refractivity contribution in [3.05, 3.63) is 0 Å². The Balaban J connectivity index is 2.03. The maximum absolute atomic E-state index is 2.42. The van der Waals surface area contributed by atoms with E-state index in [9.17, 15) is 0 Å². The normalized spacial score (nSPS) is 25.7. The van der Waals surface area contributed by atoms with E-state index < -0.39 is 0 Å². The van der Waals surface area contributed by atoms with Crippen LogP contribution in [0.1, 0.15) is 85.0 Å². The van der Waals surface area contributed by atoms with E-state index >= 15 is 0 Å². The molecule has 1 aliphatic carbocycles. The van der Waals surface area contributed by atoms with Gasteiger partial charge in [-0.25, -0.2) is 0 Å². The molecular weight excluding hydrogens is 192 g/mol. The van der Waals surface area contributed by atoms with Crippen LogP contribution in [0.15, 0.2) is 0 Å². The molecule has 0 nitrogen and oxygen atoms in total. The van der Waals surface area contributed by atoms with E-state index in [1.165, 1.54) is 64.2 Å². The van der Waals surface area contributed by atoms with Crippen LogP contribution in [0.3, 0.4) is 0 Å². The number of hydrogen-bond donors (Lipinski definition) is 0. The molecule has 0 N–H and O–H groups in total. The highest BCUT2D eigenvalue weighted by Crippen LogP contribution is 2.42. The van der Waals surface area contributed by atoms with Gasteiger partial charge in [-0.1, -0.05) is 72.1 Å². The summed E-state index contributed by atoms with van der Waals surface area (Å²) in [6, 6.07) is 0. The molecular formula is C16H32. The average Bonchev–Trinajstić information content (AvgIpc) is 2.97. The van der Waals surface area contributed by atoms with Crippen molar-refractivity contribution in [1.29, 1.82) is 0 Å². The molecule has 0 bridgehead atoms. The maximum Gasteiger partial charge on any atom is -0.0386 e. The first kappa shape index (κ1) is 14.1. The molecule has 3 unspecified atom stereocenters. The minimum atomic E-state index is 1.05. The van der Waals surface area contributed by atoms with Gasteiger partial charge < -0.3 is 0 Å². The molecule has 0 aromatic rings. The van der Waals surface area contributed by atoms with Crippen molar-refractivity contribution in [2.75, 3.05) is 0 Å². The molecule has 1 saturated carbocycles. The lowest BCUT2D eigenvalue weighted by molar-refractivity contribution is 0.374. The smallest absolute Gasteiger partial charge is 0.0386 e. The average molecular weight is 224 g/mol. The maximum atomic E-state index is 2.42. The van der Waals surface area contributed by atoms with Crippen molar-refractivity contribution in [3.8, 4) is 0 Å². The largest absolute Gasteiger partial charge is 0.0654 e. The SMILES string of the molecule is CCCCCCC(CCC)CCC1CC1C. The third-order valence-corrected chi connectivity index (χ3v) is 4.38. The fourth-order valence-corrected chi connectivity index (χ4v) is 2.95. The quantitative estimate of drug-likeness (QED) is 0.411. The fraction of sp³-hybridized carbons (Fsp3) is 1.00. The number of hydrogen-bond acceptors (Lipinski definition) is 0. The van der Waals surface area contributed by atoms with Crippen LogP contribution in [-0.4, -0.2) is 0 Å². The lowest BCUT2D eigenvalue weighted by Gasteiger charge is -2.15. The molecule has 0 radical (unpaired) electrons. The van der Waals surface area contributed by atoms with E-state index in [4.69, 9.17) is 0 Å².